The Morgan fingerprint density at radius 1 is 1.53 bits per heavy atom. The summed E-state index contributed by atoms with van der Waals surface area (Å²) in [6, 6.07) is 1.85. The Bertz CT molecular complexity index is 329. The molecule has 2 rings (SSSR count). The summed E-state index contributed by atoms with van der Waals surface area (Å²) in [6.45, 7) is 0. The predicted octanol–water partition coefficient (Wildman–Crippen LogP) is 3.18. The fourth-order valence-electron chi connectivity index (χ4n) is 2.16. The van der Waals surface area contributed by atoms with Crippen LogP contribution in [0.25, 0.3) is 0 Å². The second kappa shape index (κ2) is 4.42. The van der Waals surface area contributed by atoms with Crippen molar-refractivity contribution in [3.63, 3.8) is 0 Å². The summed E-state index contributed by atoms with van der Waals surface area (Å²) in [5, 5.41) is 13.1. The lowest BCUT2D eigenvalue weighted by molar-refractivity contribution is -0.0450. The second-order valence-corrected chi connectivity index (χ2v) is 5.39. The molecule has 0 unspecified atom stereocenters. The molecule has 15 heavy (non-hydrogen) atoms. The van der Waals surface area contributed by atoms with E-state index in [4.69, 9.17) is 16.3 Å². The average molecular weight is 247 g/mol. The molecule has 84 valence electrons. The topological polar surface area (TPSA) is 29.5 Å². The van der Waals surface area contributed by atoms with Crippen LogP contribution in [0.2, 0.25) is 5.02 Å². The van der Waals surface area contributed by atoms with Crippen LogP contribution in [0.15, 0.2) is 11.4 Å². The van der Waals surface area contributed by atoms with E-state index >= 15 is 0 Å². The van der Waals surface area contributed by atoms with E-state index in [2.05, 4.69) is 0 Å². The first-order valence-corrected chi connectivity index (χ1v) is 6.40. The molecule has 0 aliphatic heterocycles. The van der Waals surface area contributed by atoms with Gasteiger partial charge in [0.1, 0.15) is 5.60 Å². The van der Waals surface area contributed by atoms with Crippen LogP contribution in [0.1, 0.15) is 30.6 Å². The molecule has 1 aliphatic carbocycles. The van der Waals surface area contributed by atoms with Gasteiger partial charge in [0.05, 0.1) is 16.0 Å². The van der Waals surface area contributed by atoms with E-state index in [0.717, 1.165) is 30.6 Å². The molecule has 0 saturated heterocycles. The molecule has 1 aliphatic rings. The number of ether oxygens (including phenoxy) is 1. The summed E-state index contributed by atoms with van der Waals surface area (Å²) in [5.41, 5.74) is -0.722. The minimum atomic E-state index is -0.722. The van der Waals surface area contributed by atoms with Gasteiger partial charge in [-0.05, 0) is 37.1 Å². The van der Waals surface area contributed by atoms with Gasteiger partial charge < -0.3 is 9.84 Å². The van der Waals surface area contributed by atoms with Crippen LogP contribution in [0.3, 0.4) is 0 Å². The van der Waals surface area contributed by atoms with Gasteiger partial charge in [0.15, 0.2) is 0 Å². The maximum atomic E-state index is 10.5. The second-order valence-electron chi connectivity index (χ2n) is 4.06. The lowest BCUT2D eigenvalue weighted by Gasteiger charge is -2.35. The fourth-order valence-corrected chi connectivity index (χ4v) is 3.55. The van der Waals surface area contributed by atoms with Crippen LogP contribution >= 0.6 is 22.9 Å². The monoisotopic (exact) mass is 246 g/mol. The van der Waals surface area contributed by atoms with Crippen molar-refractivity contribution in [1.29, 1.82) is 0 Å². The van der Waals surface area contributed by atoms with Gasteiger partial charge in [-0.3, -0.25) is 0 Å². The number of thiophene rings is 1. The number of rotatable bonds is 2. The molecule has 0 bridgehead atoms. The summed E-state index contributed by atoms with van der Waals surface area (Å²) < 4.78 is 5.29. The van der Waals surface area contributed by atoms with Gasteiger partial charge in [-0.1, -0.05) is 11.6 Å². The molecule has 0 spiro atoms. The van der Waals surface area contributed by atoms with Gasteiger partial charge in [-0.15, -0.1) is 11.3 Å². The van der Waals surface area contributed by atoms with E-state index in [9.17, 15) is 5.11 Å². The molecular formula is C11H15ClO2S. The zero-order valence-corrected chi connectivity index (χ0v) is 10.3. The summed E-state index contributed by atoms with van der Waals surface area (Å²) in [5.74, 6) is 0. The van der Waals surface area contributed by atoms with E-state index < -0.39 is 5.60 Å². The highest BCUT2D eigenvalue weighted by Crippen LogP contribution is 2.43. The summed E-state index contributed by atoms with van der Waals surface area (Å²) in [4.78, 5) is 0.915. The lowest BCUT2D eigenvalue weighted by atomic mass is 9.82. The highest BCUT2D eigenvalue weighted by molar-refractivity contribution is 7.10. The average Bonchev–Trinajstić information content (AvgIpc) is 2.66. The quantitative estimate of drug-likeness (QED) is 0.869. The molecule has 0 atom stereocenters. The molecule has 1 aromatic heterocycles. The summed E-state index contributed by atoms with van der Waals surface area (Å²) in [6.07, 6.45) is 3.59. The van der Waals surface area contributed by atoms with Gasteiger partial charge in [0.2, 0.25) is 0 Å². The van der Waals surface area contributed by atoms with Crippen molar-refractivity contribution < 1.29 is 9.84 Å². The third kappa shape index (κ3) is 2.21. The van der Waals surface area contributed by atoms with Crippen LogP contribution < -0.4 is 0 Å². The Labute approximate surface area is 98.8 Å². The van der Waals surface area contributed by atoms with Crippen molar-refractivity contribution in [3.8, 4) is 0 Å². The maximum Gasteiger partial charge on any atom is 0.100 e. The molecule has 1 saturated carbocycles. The Morgan fingerprint density at radius 3 is 2.67 bits per heavy atom. The number of methoxy groups -OCH3 is 1. The molecule has 0 radical (unpaired) electrons. The molecule has 0 aromatic carbocycles. The lowest BCUT2D eigenvalue weighted by Crippen LogP contribution is -2.33. The van der Waals surface area contributed by atoms with Crippen molar-refractivity contribution >= 4 is 22.9 Å². The minimum absolute atomic E-state index is 0.295. The van der Waals surface area contributed by atoms with Crippen LogP contribution in [-0.2, 0) is 10.3 Å². The van der Waals surface area contributed by atoms with Crippen LogP contribution in [-0.4, -0.2) is 18.3 Å². The normalized spacial score (nSPS) is 31.8. The summed E-state index contributed by atoms with van der Waals surface area (Å²) >= 11 is 7.59. The van der Waals surface area contributed by atoms with E-state index in [-0.39, 0.29) is 0 Å². The maximum absolute atomic E-state index is 10.5. The van der Waals surface area contributed by atoms with Crippen LogP contribution in [0.4, 0.5) is 0 Å². The van der Waals surface area contributed by atoms with Gasteiger partial charge in [0, 0.05) is 7.11 Å². The third-order valence-electron chi connectivity index (χ3n) is 3.13. The zero-order chi connectivity index (χ0) is 10.9. The first-order chi connectivity index (χ1) is 7.15. The molecule has 1 aromatic rings. The first-order valence-electron chi connectivity index (χ1n) is 5.14. The summed E-state index contributed by atoms with van der Waals surface area (Å²) in [7, 11) is 1.73. The zero-order valence-electron chi connectivity index (χ0n) is 8.70. The highest BCUT2D eigenvalue weighted by atomic mass is 35.5. The molecular weight excluding hydrogens is 232 g/mol. The minimum Gasteiger partial charge on any atom is -0.384 e. The molecule has 2 nitrogen and oxygen atoms in total. The van der Waals surface area contributed by atoms with Crippen molar-refractivity contribution in [2.24, 2.45) is 0 Å². The number of halogens is 1. The van der Waals surface area contributed by atoms with Gasteiger partial charge >= 0.3 is 0 Å². The molecule has 4 heteroatoms. The molecule has 1 N–H and O–H groups in total. The predicted molar refractivity (Wildman–Crippen MR) is 62.5 cm³/mol. The third-order valence-corrected chi connectivity index (χ3v) is 4.67. The highest BCUT2D eigenvalue weighted by Gasteiger charge is 2.37. The Kier molecular flexibility index (Phi) is 3.36. The Balaban J connectivity index is 2.13. The van der Waals surface area contributed by atoms with Gasteiger partial charge in [-0.2, -0.15) is 0 Å². The van der Waals surface area contributed by atoms with Gasteiger partial charge in [0.25, 0.3) is 0 Å². The van der Waals surface area contributed by atoms with Gasteiger partial charge in [-0.25, -0.2) is 0 Å². The Morgan fingerprint density at radius 2 is 2.20 bits per heavy atom. The van der Waals surface area contributed by atoms with E-state index in [0.29, 0.717) is 11.1 Å². The SMILES string of the molecule is COC1CCC(O)(c2sccc2Cl)CC1. The van der Waals surface area contributed by atoms with Crippen molar-refractivity contribution in [2.45, 2.75) is 37.4 Å². The van der Waals surface area contributed by atoms with Crippen molar-refractivity contribution in [1.82, 2.24) is 0 Å². The van der Waals surface area contributed by atoms with E-state index in [1.807, 2.05) is 11.4 Å². The molecule has 1 heterocycles. The smallest absolute Gasteiger partial charge is 0.100 e. The number of hydrogen-bond donors (Lipinski definition) is 1. The molecule has 0 amide bonds. The number of hydrogen-bond acceptors (Lipinski definition) is 3. The molecule has 1 fully saturated rings. The van der Waals surface area contributed by atoms with Crippen LogP contribution in [0, 0.1) is 0 Å². The van der Waals surface area contributed by atoms with Crippen molar-refractivity contribution in [2.75, 3.05) is 7.11 Å². The van der Waals surface area contributed by atoms with Crippen LogP contribution in [0.5, 0.6) is 0 Å². The fraction of sp³-hybridized carbons (Fsp3) is 0.636. The Hall–Kier alpha value is -0.0900. The standard InChI is InChI=1S/C11H15ClO2S/c1-14-8-2-5-11(13,6-3-8)10-9(12)4-7-15-10/h4,7-8,13H,2-3,5-6H2,1H3. The largest absolute Gasteiger partial charge is 0.384 e. The van der Waals surface area contributed by atoms with E-state index in [1.165, 1.54) is 0 Å². The first kappa shape index (κ1) is 11.4. The van der Waals surface area contributed by atoms with E-state index in [1.54, 1.807) is 18.4 Å². The number of aliphatic hydroxyl groups is 1. The van der Waals surface area contributed by atoms with Crippen molar-refractivity contribution in [3.05, 3.63) is 21.3 Å².